The van der Waals surface area contributed by atoms with Gasteiger partial charge in [-0.05, 0) is 12.8 Å². The highest BCUT2D eigenvalue weighted by Crippen LogP contribution is 2.09. The molecule has 1 fully saturated rings. The molecule has 66 valence electrons. The predicted octanol–water partition coefficient (Wildman–Crippen LogP) is 0.448. The fourth-order valence-corrected chi connectivity index (χ4v) is 1.37. The molecule has 0 saturated carbocycles. The van der Waals surface area contributed by atoms with Gasteiger partial charge in [0.2, 0.25) is 0 Å². The molecule has 0 bridgehead atoms. The molecule has 0 aromatic heterocycles. The van der Waals surface area contributed by atoms with Gasteiger partial charge >= 0.3 is 0 Å². The average Bonchev–Trinajstić information content (AvgIpc) is 1.93. The van der Waals surface area contributed by atoms with E-state index in [9.17, 15) is 0 Å². The molecule has 0 aromatic carbocycles. The average molecular weight is 158 g/mol. The van der Waals surface area contributed by atoms with Gasteiger partial charge in [0, 0.05) is 12.1 Å². The number of nitrogens with one attached hydrogen (secondary N) is 1. The van der Waals surface area contributed by atoms with E-state index in [2.05, 4.69) is 19.2 Å². The summed E-state index contributed by atoms with van der Waals surface area (Å²) in [6.45, 7) is 5.06. The lowest BCUT2D eigenvalue weighted by Crippen LogP contribution is -2.44. The summed E-state index contributed by atoms with van der Waals surface area (Å²) in [4.78, 5) is 0. The third kappa shape index (κ3) is 3.18. The maximum atomic E-state index is 5.58. The second-order valence-corrected chi connectivity index (χ2v) is 3.47. The molecule has 11 heavy (non-hydrogen) atoms. The standard InChI is InChI=1S/C8H18N2O/c1-6(2)10-7-3-4-8(9)11-5-7/h6-8,10H,3-5,9H2,1-2H3. The Morgan fingerprint density at radius 2 is 2.18 bits per heavy atom. The topological polar surface area (TPSA) is 47.3 Å². The summed E-state index contributed by atoms with van der Waals surface area (Å²) in [6.07, 6.45) is 2.09. The van der Waals surface area contributed by atoms with Crippen LogP contribution in [0.2, 0.25) is 0 Å². The van der Waals surface area contributed by atoms with Crippen LogP contribution < -0.4 is 11.1 Å². The second kappa shape index (κ2) is 4.04. The molecule has 1 aliphatic rings. The molecule has 0 radical (unpaired) electrons. The smallest absolute Gasteiger partial charge is 0.105 e. The van der Waals surface area contributed by atoms with Gasteiger partial charge in [-0.2, -0.15) is 0 Å². The molecule has 0 aliphatic carbocycles. The van der Waals surface area contributed by atoms with Crippen LogP contribution in [0.4, 0.5) is 0 Å². The Morgan fingerprint density at radius 1 is 1.45 bits per heavy atom. The highest BCUT2D eigenvalue weighted by atomic mass is 16.5. The zero-order valence-electron chi connectivity index (χ0n) is 7.34. The molecule has 3 N–H and O–H groups in total. The molecule has 0 amide bonds. The SMILES string of the molecule is CC(C)NC1CCC(N)OC1. The lowest BCUT2D eigenvalue weighted by molar-refractivity contribution is -0.000152. The zero-order valence-corrected chi connectivity index (χ0v) is 7.34. The van der Waals surface area contributed by atoms with Crippen LogP contribution in [-0.2, 0) is 4.74 Å². The summed E-state index contributed by atoms with van der Waals surface area (Å²) < 4.78 is 5.31. The van der Waals surface area contributed by atoms with Crippen LogP contribution in [0.25, 0.3) is 0 Å². The van der Waals surface area contributed by atoms with Crippen molar-refractivity contribution < 1.29 is 4.74 Å². The minimum absolute atomic E-state index is 0.0276. The van der Waals surface area contributed by atoms with Crippen molar-refractivity contribution in [1.82, 2.24) is 5.32 Å². The van der Waals surface area contributed by atoms with E-state index in [4.69, 9.17) is 10.5 Å². The Balaban J connectivity index is 2.17. The van der Waals surface area contributed by atoms with E-state index < -0.39 is 0 Å². The lowest BCUT2D eigenvalue weighted by atomic mass is 10.1. The van der Waals surface area contributed by atoms with E-state index in [0.717, 1.165) is 19.4 Å². The first-order valence-corrected chi connectivity index (χ1v) is 4.31. The number of hydrogen-bond acceptors (Lipinski definition) is 3. The Bertz CT molecular complexity index is 109. The van der Waals surface area contributed by atoms with Gasteiger partial charge < -0.3 is 15.8 Å². The Kier molecular flexibility index (Phi) is 3.30. The fraction of sp³-hybridized carbons (Fsp3) is 1.00. The van der Waals surface area contributed by atoms with Gasteiger partial charge in [0.15, 0.2) is 0 Å². The van der Waals surface area contributed by atoms with Crippen LogP contribution in [0.5, 0.6) is 0 Å². The van der Waals surface area contributed by atoms with Gasteiger partial charge in [0.25, 0.3) is 0 Å². The van der Waals surface area contributed by atoms with E-state index in [1.165, 1.54) is 0 Å². The zero-order chi connectivity index (χ0) is 8.27. The van der Waals surface area contributed by atoms with Crippen LogP contribution >= 0.6 is 0 Å². The van der Waals surface area contributed by atoms with E-state index in [1.54, 1.807) is 0 Å². The first-order valence-electron chi connectivity index (χ1n) is 4.31. The molecule has 2 atom stereocenters. The van der Waals surface area contributed by atoms with E-state index in [-0.39, 0.29) is 6.23 Å². The summed E-state index contributed by atoms with van der Waals surface area (Å²) in [6, 6.07) is 1.05. The maximum Gasteiger partial charge on any atom is 0.105 e. The van der Waals surface area contributed by atoms with Gasteiger partial charge in [0.1, 0.15) is 6.23 Å². The first-order chi connectivity index (χ1) is 5.18. The molecule has 2 unspecified atom stereocenters. The van der Waals surface area contributed by atoms with Gasteiger partial charge in [0.05, 0.1) is 6.61 Å². The predicted molar refractivity (Wildman–Crippen MR) is 45.2 cm³/mol. The van der Waals surface area contributed by atoms with E-state index in [1.807, 2.05) is 0 Å². The first kappa shape index (κ1) is 8.97. The van der Waals surface area contributed by atoms with E-state index in [0.29, 0.717) is 12.1 Å². The largest absolute Gasteiger partial charge is 0.362 e. The third-order valence-corrected chi connectivity index (χ3v) is 1.88. The van der Waals surface area contributed by atoms with Crippen molar-refractivity contribution in [2.75, 3.05) is 6.61 Å². The van der Waals surface area contributed by atoms with Crippen molar-refractivity contribution in [2.24, 2.45) is 5.73 Å². The van der Waals surface area contributed by atoms with Crippen molar-refractivity contribution in [3.63, 3.8) is 0 Å². The second-order valence-electron chi connectivity index (χ2n) is 3.47. The summed E-state index contributed by atoms with van der Waals surface area (Å²) >= 11 is 0. The minimum atomic E-state index is -0.0276. The minimum Gasteiger partial charge on any atom is -0.362 e. The van der Waals surface area contributed by atoms with Gasteiger partial charge in [-0.3, -0.25) is 0 Å². The van der Waals surface area contributed by atoms with Crippen LogP contribution in [0.1, 0.15) is 26.7 Å². The van der Waals surface area contributed by atoms with Gasteiger partial charge in [-0.25, -0.2) is 0 Å². The molecule has 1 saturated heterocycles. The van der Waals surface area contributed by atoms with Crippen molar-refractivity contribution >= 4 is 0 Å². The van der Waals surface area contributed by atoms with Gasteiger partial charge in [-0.15, -0.1) is 0 Å². The molecular weight excluding hydrogens is 140 g/mol. The van der Waals surface area contributed by atoms with Crippen LogP contribution in [-0.4, -0.2) is 24.9 Å². The van der Waals surface area contributed by atoms with E-state index >= 15 is 0 Å². The third-order valence-electron chi connectivity index (χ3n) is 1.88. The summed E-state index contributed by atoms with van der Waals surface area (Å²) in [5.41, 5.74) is 5.58. The van der Waals surface area contributed by atoms with Crippen molar-refractivity contribution in [2.45, 2.75) is 45.0 Å². The highest BCUT2D eigenvalue weighted by Gasteiger charge is 2.18. The normalized spacial score (nSPS) is 32.7. The molecule has 3 nitrogen and oxygen atoms in total. The number of rotatable bonds is 2. The summed E-state index contributed by atoms with van der Waals surface area (Å²) in [5.74, 6) is 0. The summed E-state index contributed by atoms with van der Waals surface area (Å²) in [7, 11) is 0. The lowest BCUT2D eigenvalue weighted by Gasteiger charge is -2.28. The highest BCUT2D eigenvalue weighted by molar-refractivity contribution is 4.74. The Morgan fingerprint density at radius 3 is 2.64 bits per heavy atom. The maximum absolute atomic E-state index is 5.58. The molecular formula is C8H18N2O. The van der Waals surface area contributed by atoms with Gasteiger partial charge in [-0.1, -0.05) is 13.8 Å². The number of hydrogen-bond donors (Lipinski definition) is 2. The Hall–Kier alpha value is -0.120. The number of nitrogens with two attached hydrogens (primary N) is 1. The molecule has 0 aromatic rings. The van der Waals surface area contributed by atoms with Crippen LogP contribution in [0.3, 0.4) is 0 Å². The van der Waals surface area contributed by atoms with Crippen molar-refractivity contribution in [3.05, 3.63) is 0 Å². The number of ether oxygens (including phenoxy) is 1. The summed E-state index contributed by atoms with van der Waals surface area (Å²) in [5, 5.41) is 3.42. The Labute approximate surface area is 68.3 Å². The molecule has 0 spiro atoms. The molecule has 1 rings (SSSR count). The monoisotopic (exact) mass is 158 g/mol. The van der Waals surface area contributed by atoms with Crippen LogP contribution in [0.15, 0.2) is 0 Å². The molecule has 1 aliphatic heterocycles. The van der Waals surface area contributed by atoms with Crippen molar-refractivity contribution in [3.8, 4) is 0 Å². The van der Waals surface area contributed by atoms with Crippen LogP contribution in [0, 0.1) is 0 Å². The quantitative estimate of drug-likeness (QED) is 0.613. The molecule has 3 heteroatoms. The molecule has 1 heterocycles. The fourth-order valence-electron chi connectivity index (χ4n) is 1.37. The van der Waals surface area contributed by atoms with Crippen molar-refractivity contribution in [1.29, 1.82) is 0 Å².